The second-order valence-corrected chi connectivity index (χ2v) is 3.87. The molecule has 82 valence electrons. The first kappa shape index (κ1) is 9.78. The highest BCUT2D eigenvalue weighted by Gasteiger charge is 2.02. The van der Waals surface area contributed by atoms with Crippen molar-refractivity contribution >= 4 is 16.6 Å². The minimum atomic E-state index is 0.563. The van der Waals surface area contributed by atoms with E-state index in [0.717, 1.165) is 21.9 Å². The van der Waals surface area contributed by atoms with Gasteiger partial charge in [0.05, 0.1) is 0 Å². The number of rotatable bonds is 1. The Kier molecular flexibility index (Phi) is 2.22. The van der Waals surface area contributed by atoms with Crippen LogP contribution in [-0.4, -0.2) is 9.97 Å². The summed E-state index contributed by atoms with van der Waals surface area (Å²) < 4.78 is 0. The van der Waals surface area contributed by atoms with E-state index in [0.29, 0.717) is 5.82 Å². The van der Waals surface area contributed by atoms with Gasteiger partial charge in [-0.25, -0.2) is 4.98 Å². The maximum atomic E-state index is 5.88. The molecule has 3 aromatic rings. The summed E-state index contributed by atoms with van der Waals surface area (Å²) >= 11 is 0. The Hall–Kier alpha value is -2.42. The first-order chi connectivity index (χ1) is 8.34. The molecule has 0 radical (unpaired) electrons. The summed E-state index contributed by atoms with van der Waals surface area (Å²) in [5, 5.41) is 2.08. The van der Waals surface area contributed by atoms with Crippen molar-refractivity contribution in [3.8, 4) is 11.1 Å². The number of aromatic nitrogens is 2. The fourth-order valence-corrected chi connectivity index (χ4v) is 1.90. The largest absolute Gasteiger partial charge is 0.383 e. The van der Waals surface area contributed by atoms with E-state index in [1.54, 1.807) is 12.4 Å². The lowest BCUT2D eigenvalue weighted by atomic mass is 10.0. The molecule has 2 heterocycles. The van der Waals surface area contributed by atoms with Crippen molar-refractivity contribution in [1.82, 2.24) is 9.97 Å². The molecule has 0 saturated heterocycles. The summed E-state index contributed by atoms with van der Waals surface area (Å²) in [7, 11) is 0. The van der Waals surface area contributed by atoms with Crippen molar-refractivity contribution in [2.24, 2.45) is 0 Å². The van der Waals surface area contributed by atoms with Gasteiger partial charge in [0, 0.05) is 29.5 Å². The van der Waals surface area contributed by atoms with E-state index < -0.39 is 0 Å². The van der Waals surface area contributed by atoms with Crippen LogP contribution in [0.25, 0.3) is 21.9 Å². The molecule has 0 aliphatic heterocycles. The zero-order valence-corrected chi connectivity index (χ0v) is 9.17. The maximum Gasteiger partial charge on any atom is 0.131 e. The fourth-order valence-electron chi connectivity index (χ4n) is 1.90. The Labute approximate surface area is 98.9 Å². The van der Waals surface area contributed by atoms with Gasteiger partial charge in [-0.15, -0.1) is 0 Å². The van der Waals surface area contributed by atoms with E-state index in [-0.39, 0.29) is 0 Å². The smallest absolute Gasteiger partial charge is 0.131 e. The van der Waals surface area contributed by atoms with Crippen molar-refractivity contribution in [2.45, 2.75) is 0 Å². The Bertz CT molecular complexity index is 663. The Balaban J connectivity index is 2.23. The molecule has 0 unspecified atom stereocenters. The summed E-state index contributed by atoms with van der Waals surface area (Å²) in [6, 6.07) is 12.1. The van der Waals surface area contributed by atoms with Gasteiger partial charge < -0.3 is 5.73 Å². The van der Waals surface area contributed by atoms with Crippen molar-refractivity contribution < 1.29 is 0 Å². The highest BCUT2D eigenvalue weighted by Crippen LogP contribution is 2.25. The van der Waals surface area contributed by atoms with Crippen LogP contribution in [0.2, 0.25) is 0 Å². The summed E-state index contributed by atoms with van der Waals surface area (Å²) in [5.74, 6) is 0.563. The van der Waals surface area contributed by atoms with Gasteiger partial charge in [-0.2, -0.15) is 0 Å². The monoisotopic (exact) mass is 221 g/mol. The number of hydrogen-bond donors (Lipinski definition) is 1. The summed E-state index contributed by atoms with van der Waals surface area (Å²) in [4.78, 5) is 8.22. The molecule has 1 aromatic carbocycles. The van der Waals surface area contributed by atoms with Crippen molar-refractivity contribution in [3.63, 3.8) is 0 Å². The van der Waals surface area contributed by atoms with Crippen LogP contribution in [0.15, 0.2) is 55.0 Å². The molecule has 3 heteroatoms. The summed E-state index contributed by atoms with van der Waals surface area (Å²) in [5.41, 5.74) is 8.06. The first-order valence-corrected chi connectivity index (χ1v) is 5.39. The van der Waals surface area contributed by atoms with E-state index in [9.17, 15) is 0 Å². The van der Waals surface area contributed by atoms with Crippen LogP contribution >= 0.6 is 0 Å². The van der Waals surface area contributed by atoms with E-state index in [1.807, 2.05) is 24.4 Å². The molecule has 0 aliphatic carbocycles. The third kappa shape index (κ3) is 1.72. The lowest BCUT2D eigenvalue weighted by Crippen LogP contribution is -1.91. The number of pyridine rings is 2. The average molecular weight is 221 g/mol. The van der Waals surface area contributed by atoms with Gasteiger partial charge in [0.25, 0.3) is 0 Å². The number of hydrogen-bond acceptors (Lipinski definition) is 3. The van der Waals surface area contributed by atoms with Gasteiger partial charge in [0.15, 0.2) is 0 Å². The molecular weight excluding hydrogens is 210 g/mol. The summed E-state index contributed by atoms with van der Waals surface area (Å²) in [6.45, 7) is 0. The highest BCUT2D eigenvalue weighted by molar-refractivity contribution is 5.93. The molecule has 0 amide bonds. The maximum absolute atomic E-state index is 5.88. The number of fused-ring (bicyclic) bond motifs is 1. The number of nitrogens with two attached hydrogens (primary N) is 1. The van der Waals surface area contributed by atoms with Crippen LogP contribution in [0.5, 0.6) is 0 Å². The molecule has 0 spiro atoms. The molecule has 3 nitrogen and oxygen atoms in total. The van der Waals surface area contributed by atoms with Crippen LogP contribution in [0, 0.1) is 0 Å². The van der Waals surface area contributed by atoms with Crippen LogP contribution < -0.4 is 5.73 Å². The second kappa shape index (κ2) is 3.87. The normalized spacial score (nSPS) is 10.6. The minimum absolute atomic E-state index is 0.563. The van der Waals surface area contributed by atoms with E-state index in [4.69, 9.17) is 5.73 Å². The topological polar surface area (TPSA) is 51.8 Å². The molecule has 0 aliphatic rings. The predicted molar refractivity (Wildman–Crippen MR) is 69.4 cm³/mol. The lowest BCUT2D eigenvalue weighted by Gasteiger charge is -2.05. The molecule has 0 saturated carbocycles. The molecule has 2 aromatic heterocycles. The van der Waals surface area contributed by atoms with Crippen molar-refractivity contribution in [2.75, 3.05) is 5.73 Å². The average Bonchev–Trinajstić information content (AvgIpc) is 2.40. The molecule has 3 rings (SSSR count). The first-order valence-electron chi connectivity index (χ1n) is 5.39. The molecule has 2 N–H and O–H groups in total. The fraction of sp³-hybridized carbons (Fsp3) is 0. The highest BCUT2D eigenvalue weighted by atomic mass is 14.8. The van der Waals surface area contributed by atoms with E-state index >= 15 is 0 Å². The quantitative estimate of drug-likeness (QED) is 0.687. The zero-order chi connectivity index (χ0) is 11.7. The zero-order valence-electron chi connectivity index (χ0n) is 9.17. The SMILES string of the molecule is Nc1nccc2ccc(-c3cccnc3)cc12. The van der Waals surface area contributed by atoms with Gasteiger partial charge in [-0.3, -0.25) is 4.98 Å². The molecular formula is C14H11N3. The van der Waals surface area contributed by atoms with Gasteiger partial charge in [-0.05, 0) is 29.1 Å². The van der Waals surface area contributed by atoms with Gasteiger partial charge in [0.2, 0.25) is 0 Å². The third-order valence-electron chi connectivity index (χ3n) is 2.79. The number of nitrogen functional groups attached to an aromatic ring is 1. The Morgan fingerprint density at radius 3 is 2.71 bits per heavy atom. The molecule has 17 heavy (non-hydrogen) atoms. The lowest BCUT2D eigenvalue weighted by molar-refractivity contribution is 1.33. The third-order valence-corrected chi connectivity index (χ3v) is 2.79. The van der Waals surface area contributed by atoms with Gasteiger partial charge in [0.1, 0.15) is 5.82 Å². The molecule has 0 fully saturated rings. The number of anilines is 1. The Morgan fingerprint density at radius 1 is 0.941 bits per heavy atom. The van der Waals surface area contributed by atoms with Crippen LogP contribution in [0.3, 0.4) is 0 Å². The standard InChI is InChI=1S/C14H11N3/c15-14-13-8-11(12-2-1-6-16-9-12)4-3-10(13)5-7-17-14/h1-9H,(H2,15,17). The molecule has 0 atom stereocenters. The summed E-state index contributed by atoms with van der Waals surface area (Å²) in [6.07, 6.45) is 5.33. The second-order valence-electron chi connectivity index (χ2n) is 3.87. The predicted octanol–water partition coefficient (Wildman–Crippen LogP) is 2.88. The van der Waals surface area contributed by atoms with Gasteiger partial charge in [-0.1, -0.05) is 18.2 Å². The molecule has 0 bridgehead atoms. The van der Waals surface area contributed by atoms with E-state index in [1.165, 1.54) is 0 Å². The van der Waals surface area contributed by atoms with Crippen LogP contribution in [0.4, 0.5) is 5.82 Å². The van der Waals surface area contributed by atoms with Crippen molar-refractivity contribution in [3.05, 3.63) is 55.0 Å². The van der Waals surface area contributed by atoms with Crippen molar-refractivity contribution in [1.29, 1.82) is 0 Å². The Morgan fingerprint density at radius 2 is 1.88 bits per heavy atom. The number of benzene rings is 1. The minimum Gasteiger partial charge on any atom is -0.383 e. The van der Waals surface area contributed by atoms with Crippen LogP contribution in [0.1, 0.15) is 0 Å². The van der Waals surface area contributed by atoms with Crippen LogP contribution in [-0.2, 0) is 0 Å². The number of nitrogens with zero attached hydrogens (tertiary/aromatic N) is 2. The van der Waals surface area contributed by atoms with E-state index in [2.05, 4.69) is 28.2 Å². The van der Waals surface area contributed by atoms with Gasteiger partial charge >= 0.3 is 0 Å².